The molecule has 1 aliphatic rings. The van der Waals surface area contributed by atoms with Crippen LogP contribution in [0.1, 0.15) is 51.9 Å². The van der Waals surface area contributed by atoms with Gasteiger partial charge in [0.25, 0.3) is 0 Å². The van der Waals surface area contributed by atoms with Gasteiger partial charge in [0.15, 0.2) is 0 Å². The second-order valence-electron chi connectivity index (χ2n) is 5.21. The number of rotatable bonds is 7. The Labute approximate surface area is 115 Å². The minimum Gasteiger partial charge on any atom is -0.394 e. The molecule has 1 rings (SSSR count). The van der Waals surface area contributed by atoms with Crippen molar-refractivity contribution in [1.29, 1.82) is 0 Å². The van der Waals surface area contributed by atoms with Gasteiger partial charge in [-0.05, 0) is 32.1 Å². The van der Waals surface area contributed by atoms with E-state index in [0.29, 0.717) is 13.0 Å². The summed E-state index contributed by atoms with van der Waals surface area (Å²) in [6.45, 7) is 3.06. The van der Waals surface area contributed by atoms with Gasteiger partial charge in [-0.1, -0.05) is 6.42 Å². The molecule has 19 heavy (non-hydrogen) atoms. The smallest absolute Gasteiger partial charge is 0.222 e. The Kier molecular flexibility index (Phi) is 7.48. The van der Waals surface area contributed by atoms with Gasteiger partial charge in [-0.2, -0.15) is 0 Å². The van der Waals surface area contributed by atoms with Crippen LogP contribution in [0.15, 0.2) is 0 Å². The molecule has 0 saturated carbocycles. The molecule has 0 aliphatic carbocycles. The summed E-state index contributed by atoms with van der Waals surface area (Å²) < 4.78 is 0. The number of likely N-dealkylation sites (tertiary alicyclic amines) is 1. The van der Waals surface area contributed by atoms with Gasteiger partial charge in [-0.3, -0.25) is 9.59 Å². The number of carbonyl (C=O) groups is 2. The second-order valence-corrected chi connectivity index (χ2v) is 5.21. The molecule has 0 bridgehead atoms. The Morgan fingerprint density at radius 2 is 2.05 bits per heavy atom. The molecule has 1 heterocycles. The third kappa shape index (κ3) is 6.05. The summed E-state index contributed by atoms with van der Waals surface area (Å²) in [5.74, 6) is 0.161. The lowest BCUT2D eigenvalue weighted by Gasteiger charge is -2.34. The van der Waals surface area contributed by atoms with E-state index < -0.39 is 0 Å². The molecular weight excluding hydrogens is 244 g/mol. The van der Waals surface area contributed by atoms with Crippen molar-refractivity contribution in [3.05, 3.63) is 0 Å². The van der Waals surface area contributed by atoms with Gasteiger partial charge in [0.2, 0.25) is 11.8 Å². The number of hydrogen-bond donors (Lipinski definition) is 2. The fraction of sp³-hybridized carbons (Fsp3) is 0.857. The number of carbonyl (C=O) groups excluding carboxylic acids is 2. The first kappa shape index (κ1) is 16.0. The summed E-state index contributed by atoms with van der Waals surface area (Å²) >= 11 is 0. The van der Waals surface area contributed by atoms with Gasteiger partial charge in [0.1, 0.15) is 0 Å². The minimum atomic E-state index is -0.00446. The van der Waals surface area contributed by atoms with Crippen LogP contribution in [0, 0.1) is 0 Å². The Balaban J connectivity index is 2.14. The highest BCUT2D eigenvalue weighted by molar-refractivity contribution is 5.76. The SMILES string of the molecule is CC(=O)NCCCCCC(=O)N1CCCCC1CO. The Morgan fingerprint density at radius 3 is 2.74 bits per heavy atom. The van der Waals surface area contributed by atoms with Crippen molar-refractivity contribution in [3.8, 4) is 0 Å². The zero-order valence-electron chi connectivity index (χ0n) is 11.9. The maximum atomic E-state index is 12.1. The summed E-state index contributed by atoms with van der Waals surface area (Å²) in [6.07, 6.45) is 6.34. The molecule has 2 amide bonds. The number of hydrogen-bond acceptors (Lipinski definition) is 3. The molecule has 1 unspecified atom stereocenters. The van der Waals surface area contributed by atoms with Crippen molar-refractivity contribution in [2.75, 3.05) is 19.7 Å². The van der Waals surface area contributed by atoms with Gasteiger partial charge in [-0.15, -0.1) is 0 Å². The van der Waals surface area contributed by atoms with E-state index in [4.69, 9.17) is 0 Å². The van der Waals surface area contributed by atoms with Crippen LogP contribution in [-0.2, 0) is 9.59 Å². The van der Waals surface area contributed by atoms with E-state index in [1.165, 1.54) is 6.92 Å². The summed E-state index contributed by atoms with van der Waals surface area (Å²) in [7, 11) is 0. The fourth-order valence-corrected chi connectivity index (χ4v) is 2.50. The molecule has 0 spiro atoms. The third-order valence-electron chi connectivity index (χ3n) is 3.60. The molecule has 5 heteroatoms. The summed E-state index contributed by atoms with van der Waals surface area (Å²) in [6, 6.07) is 0.0284. The summed E-state index contributed by atoms with van der Waals surface area (Å²) in [5.41, 5.74) is 0. The highest BCUT2D eigenvalue weighted by atomic mass is 16.3. The van der Waals surface area contributed by atoms with Crippen molar-refractivity contribution in [3.63, 3.8) is 0 Å². The molecule has 1 saturated heterocycles. The lowest BCUT2D eigenvalue weighted by molar-refractivity contribution is -0.136. The topological polar surface area (TPSA) is 69.6 Å². The third-order valence-corrected chi connectivity index (χ3v) is 3.60. The average molecular weight is 270 g/mol. The Bertz CT molecular complexity index is 294. The van der Waals surface area contributed by atoms with E-state index in [9.17, 15) is 14.7 Å². The van der Waals surface area contributed by atoms with E-state index >= 15 is 0 Å². The molecular formula is C14H26N2O3. The first-order chi connectivity index (χ1) is 9.15. The maximum absolute atomic E-state index is 12.1. The Hall–Kier alpha value is -1.10. The van der Waals surface area contributed by atoms with Gasteiger partial charge < -0.3 is 15.3 Å². The summed E-state index contributed by atoms with van der Waals surface area (Å²) in [5, 5.41) is 12.0. The van der Waals surface area contributed by atoms with Crippen molar-refractivity contribution >= 4 is 11.8 Å². The highest BCUT2D eigenvalue weighted by Crippen LogP contribution is 2.18. The number of piperidine rings is 1. The average Bonchev–Trinajstić information content (AvgIpc) is 2.42. The zero-order valence-corrected chi connectivity index (χ0v) is 11.9. The largest absolute Gasteiger partial charge is 0.394 e. The number of aliphatic hydroxyl groups is 1. The maximum Gasteiger partial charge on any atom is 0.222 e. The van der Waals surface area contributed by atoms with Crippen molar-refractivity contribution < 1.29 is 14.7 Å². The highest BCUT2D eigenvalue weighted by Gasteiger charge is 2.25. The number of unbranched alkanes of at least 4 members (excludes halogenated alkanes) is 2. The van der Waals surface area contributed by atoms with Gasteiger partial charge in [-0.25, -0.2) is 0 Å². The molecule has 0 aromatic rings. The molecule has 0 radical (unpaired) electrons. The van der Waals surface area contributed by atoms with Gasteiger partial charge in [0, 0.05) is 26.4 Å². The molecule has 1 atom stereocenters. The van der Waals surface area contributed by atoms with Gasteiger partial charge in [0.05, 0.1) is 12.6 Å². The first-order valence-corrected chi connectivity index (χ1v) is 7.30. The number of nitrogens with zero attached hydrogens (tertiary/aromatic N) is 1. The standard InChI is InChI=1S/C14H26N2O3/c1-12(18)15-9-5-2-3-8-14(19)16-10-6-4-7-13(16)11-17/h13,17H,2-11H2,1H3,(H,15,18). The fourth-order valence-electron chi connectivity index (χ4n) is 2.50. The number of nitrogens with one attached hydrogen (secondary N) is 1. The molecule has 0 aromatic heterocycles. The van der Waals surface area contributed by atoms with Crippen LogP contribution in [0.25, 0.3) is 0 Å². The predicted molar refractivity (Wildman–Crippen MR) is 73.6 cm³/mol. The van der Waals surface area contributed by atoms with E-state index in [2.05, 4.69) is 5.32 Å². The van der Waals surface area contributed by atoms with E-state index in [1.807, 2.05) is 4.90 Å². The van der Waals surface area contributed by atoms with Crippen molar-refractivity contribution in [1.82, 2.24) is 10.2 Å². The van der Waals surface area contributed by atoms with Crippen LogP contribution >= 0.6 is 0 Å². The zero-order chi connectivity index (χ0) is 14.1. The van der Waals surface area contributed by atoms with Crippen molar-refractivity contribution in [2.45, 2.75) is 57.9 Å². The number of amides is 2. The lowest BCUT2D eigenvalue weighted by atomic mass is 10.0. The second kappa shape index (κ2) is 8.91. The van der Waals surface area contributed by atoms with Crippen LogP contribution in [-0.4, -0.2) is 47.6 Å². The normalized spacial score (nSPS) is 19.3. The van der Waals surface area contributed by atoms with Crippen LogP contribution in [0.5, 0.6) is 0 Å². The first-order valence-electron chi connectivity index (χ1n) is 7.30. The van der Waals surface area contributed by atoms with E-state index in [0.717, 1.165) is 45.1 Å². The van der Waals surface area contributed by atoms with Crippen LogP contribution in [0.2, 0.25) is 0 Å². The molecule has 2 N–H and O–H groups in total. The summed E-state index contributed by atoms with van der Waals surface area (Å²) in [4.78, 5) is 24.6. The minimum absolute atomic E-state index is 0.00446. The van der Waals surface area contributed by atoms with Crippen molar-refractivity contribution in [2.24, 2.45) is 0 Å². The lowest BCUT2D eigenvalue weighted by Crippen LogP contribution is -2.45. The van der Waals surface area contributed by atoms with Crippen LogP contribution in [0.3, 0.4) is 0 Å². The van der Waals surface area contributed by atoms with E-state index in [-0.39, 0.29) is 24.5 Å². The van der Waals surface area contributed by atoms with E-state index in [1.54, 1.807) is 0 Å². The molecule has 110 valence electrons. The predicted octanol–water partition coefficient (Wildman–Crippen LogP) is 1.06. The molecule has 1 fully saturated rings. The van der Waals surface area contributed by atoms with Gasteiger partial charge >= 0.3 is 0 Å². The monoisotopic (exact) mass is 270 g/mol. The quantitative estimate of drug-likeness (QED) is 0.680. The van der Waals surface area contributed by atoms with Crippen LogP contribution in [0.4, 0.5) is 0 Å². The molecule has 0 aromatic carbocycles. The molecule has 5 nitrogen and oxygen atoms in total. The Morgan fingerprint density at radius 1 is 1.26 bits per heavy atom. The number of aliphatic hydroxyl groups excluding tert-OH is 1. The van der Waals surface area contributed by atoms with Crippen LogP contribution < -0.4 is 5.32 Å². The molecule has 1 aliphatic heterocycles.